The highest BCUT2D eigenvalue weighted by Crippen LogP contribution is 2.24. The summed E-state index contributed by atoms with van der Waals surface area (Å²) >= 11 is 1.69. The molecule has 0 aliphatic rings. The Balaban J connectivity index is 1.62. The minimum atomic E-state index is -0.174. The van der Waals surface area contributed by atoms with Gasteiger partial charge in [0, 0.05) is 22.8 Å². The van der Waals surface area contributed by atoms with Gasteiger partial charge in [0.15, 0.2) is 5.76 Å². The fourth-order valence-corrected chi connectivity index (χ4v) is 3.29. The van der Waals surface area contributed by atoms with Crippen LogP contribution in [-0.4, -0.2) is 5.91 Å². The van der Waals surface area contributed by atoms with Crippen molar-refractivity contribution >= 4 is 17.7 Å². The van der Waals surface area contributed by atoms with Crippen molar-refractivity contribution in [3.63, 3.8) is 0 Å². The highest BCUT2D eigenvalue weighted by atomic mass is 32.2. The second kappa shape index (κ2) is 7.88. The predicted octanol–water partition coefficient (Wildman–Crippen LogP) is 4.81. The van der Waals surface area contributed by atoms with E-state index in [1.54, 1.807) is 18.0 Å². The van der Waals surface area contributed by atoms with Crippen LogP contribution < -0.4 is 5.32 Å². The summed E-state index contributed by atoms with van der Waals surface area (Å²) in [5, 5.41) is 2.94. The third-order valence-electron chi connectivity index (χ3n) is 3.79. The van der Waals surface area contributed by atoms with Crippen molar-refractivity contribution in [2.45, 2.75) is 24.1 Å². The lowest BCUT2D eigenvalue weighted by molar-refractivity contribution is 0.0922. The number of aryl methyl sites for hydroxylation is 1. The van der Waals surface area contributed by atoms with E-state index in [9.17, 15) is 4.79 Å². The average molecular weight is 337 g/mol. The summed E-state index contributed by atoms with van der Waals surface area (Å²) in [6, 6.07) is 20.0. The van der Waals surface area contributed by atoms with Crippen molar-refractivity contribution in [3.05, 3.63) is 89.4 Å². The lowest BCUT2D eigenvalue weighted by Crippen LogP contribution is -2.23. The number of carbonyl (C=O) groups excluding carboxylic acids is 1. The number of carbonyl (C=O) groups is 1. The van der Waals surface area contributed by atoms with Gasteiger partial charge in [-0.15, -0.1) is 11.8 Å². The lowest BCUT2D eigenvalue weighted by atomic mass is 10.1. The molecule has 1 N–H and O–H groups in total. The van der Waals surface area contributed by atoms with Gasteiger partial charge in [-0.1, -0.05) is 42.5 Å². The summed E-state index contributed by atoms with van der Waals surface area (Å²) in [4.78, 5) is 13.6. The van der Waals surface area contributed by atoms with E-state index in [2.05, 4.69) is 17.4 Å². The first kappa shape index (κ1) is 16.4. The minimum absolute atomic E-state index is 0.174. The summed E-state index contributed by atoms with van der Waals surface area (Å²) in [7, 11) is 0. The van der Waals surface area contributed by atoms with Crippen LogP contribution in [0.15, 0.2) is 76.2 Å². The van der Waals surface area contributed by atoms with Crippen molar-refractivity contribution in [1.82, 2.24) is 5.32 Å². The molecule has 4 heteroatoms. The fourth-order valence-electron chi connectivity index (χ4n) is 2.39. The van der Waals surface area contributed by atoms with Gasteiger partial charge >= 0.3 is 0 Å². The van der Waals surface area contributed by atoms with E-state index in [1.165, 1.54) is 4.90 Å². The van der Waals surface area contributed by atoms with Crippen LogP contribution in [0.3, 0.4) is 0 Å². The lowest BCUT2D eigenvalue weighted by Gasteiger charge is -2.08. The van der Waals surface area contributed by atoms with Gasteiger partial charge < -0.3 is 9.73 Å². The van der Waals surface area contributed by atoms with E-state index in [0.717, 1.165) is 16.7 Å². The molecule has 0 spiro atoms. The molecule has 0 aliphatic carbocycles. The molecule has 0 bridgehead atoms. The SMILES string of the molecule is Cc1ccccc1CNC(=O)c1occc1CSc1ccccc1. The maximum absolute atomic E-state index is 12.4. The first-order valence-electron chi connectivity index (χ1n) is 7.81. The predicted molar refractivity (Wildman–Crippen MR) is 97.1 cm³/mol. The maximum Gasteiger partial charge on any atom is 0.287 e. The molecule has 0 unspecified atom stereocenters. The first-order valence-corrected chi connectivity index (χ1v) is 8.79. The van der Waals surface area contributed by atoms with Crippen LogP contribution >= 0.6 is 11.8 Å². The average Bonchev–Trinajstić information content (AvgIpc) is 3.08. The quantitative estimate of drug-likeness (QED) is 0.656. The largest absolute Gasteiger partial charge is 0.459 e. The highest BCUT2D eigenvalue weighted by molar-refractivity contribution is 7.98. The topological polar surface area (TPSA) is 42.2 Å². The molecule has 0 aliphatic heterocycles. The number of rotatable bonds is 6. The molecule has 122 valence electrons. The van der Waals surface area contributed by atoms with Crippen LogP contribution in [0.25, 0.3) is 0 Å². The van der Waals surface area contributed by atoms with Gasteiger partial charge in [-0.2, -0.15) is 0 Å². The Kier molecular flexibility index (Phi) is 5.39. The molecule has 0 saturated carbocycles. The van der Waals surface area contributed by atoms with Gasteiger partial charge in [0.05, 0.1) is 6.26 Å². The molecule has 3 nitrogen and oxygen atoms in total. The summed E-state index contributed by atoms with van der Waals surface area (Å²) in [6.07, 6.45) is 1.57. The van der Waals surface area contributed by atoms with Crippen LogP contribution in [0.2, 0.25) is 0 Å². The van der Waals surface area contributed by atoms with E-state index in [4.69, 9.17) is 4.42 Å². The Hall–Kier alpha value is -2.46. The Bertz CT molecular complexity index is 811. The number of hydrogen-bond donors (Lipinski definition) is 1. The zero-order chi connectivity index (χ0) is 16.8. The second-order valence-electron chi connectivity index (χ2n) is 5.49. The van der Waals surface area contributed by atoms with Crippen molar-refractivity contribution < 1.29 is 9.21 Å². The normalized spacial score (nSPS) is 10.5. The summed E-state index contributed by atoms with van der Waals surface area (Å²) in [5.41, 5.74) is 3.18. The molecule has 0 saturated heterocycles. The van der Waals surface area contributed by atoms with Gasteiger partial charge in [-0.25, -0.2) is 0 Å². The molecule has 3 aromatic rings. The number of hydrogen-bond acceptors (Lipinski definition) is 3. The zero-order valence-electron chi connectivity index (χ0n) is 13.5. The second-order valence-corrected chi connectivity index (χ2v) is 6.53. The van der Waals surface area contributed by atoms with Crippen LogP contribution in [0.5, 0.6) is 0 Å². The Morgan fingerprint density at radius 1 is 1.00 bits per heavy atom. The van der Waals surface area contributed by atoms with Crippen molar-refractivity contribution in [2.75, 3.05) is 0 Å². The van der Waals surface area contributed by atoms with Gasteiger partial charge in [0.1, 0.15) is 0 Å². The third-order valence-corrected chi connectivity index (χ3v) is 4.85. The molecular formula is C20H19NO2S. The van der Waals surface area contributed by atoms with Gasteiger partial charge in [-0.05, 0) is 36.2 Å². The van der Waals surface area contributed by atoms with E-state index in [0.29, 0.717) is 18.1 Å². The molecule has 0 atom stereocenters. The van der Waals surface area contributed by atoms with Gasteiger partial charge in [-0.3, -0.25) is 4.79 Å². The number of thioether (sulfide) groups is 1. The van der Waals surface area contributed by atoms with Crippen molar-refractivity contribution in [1.29, 1.82) is 0 Å². The minimum Gasteiger partial charge on any atom is -0.459 e. The summed E-state index contributed by atoms with van der Waals surface area (Å²) in [6.45, 7) is 2.54. The van der Waals surface area contributed by atoms with E-state index in [1.807, 2.05) is 55.5 Å². The maximum atomic E-state index is 12.4. The first-order chi connectivity index (χ1) is 11.7. The fraction of sp³-hybridized carbons (Fsp3) is 0.150. The van der Waals surface area contributed by atoms with Crippen LogP contribution in [-0.2, 0) is 12.3 Å². The molecule has 24 heavy (non-hydrogen) atoms. The Morgan fingerprint density at radius 3 is 2.54 bits per heavy atom. The van der Waals surface area contributed by atoms with E-state index >= 15 is 0 Å². The smallest absolute Gasteiger partial charge is 0.287 e. The molecule has 1 amide bonds. The molecule has 0 fully saturated rings. The number of furan rings is 1. The third kappa shape index (κ3) is 4.09. The number of nitrogens with one attached hydrogen (secondary N) is 1. The molecule has 1 heterocycles. The molecule has 1 aromatic heterocycles. The highest BCUT2D eigenvalue weighted by Gasteiger charge is 2.15. The molecule has 0 radical (unpaired) electrons. The van der Waals surface area contributed by atoms with Crippen molar-refractivity contribution in [3.8, 4) is 0 Å². The van der Waals surface area contributed by atoms with Gasteiger partial charge in [0.25, 0.3) is 5.91 Å². The standard InChI is InChI=1S/C20H19NO2S/c1-15-7-5-6-8-16(15)13-21-20(22)19-17(11-12-23-19)14-24-18-9-3-2-4-10-18/h2-12H,13-14H2,1H3,(H,21,22). The number of benzene rings is 2. The van der Waals surface area contributed by atoms with Crippen LogP contribution in [0.4, 0.5) is 0 Å². The molecular weight excluding hydrogens is 318 g/mol. The monoisotopic (exact) mass is 337 g/mol. The van der Waals surface area contributed by atoms with Crippen LogP contribution in [0.1, 0.15) is 27.2 Å². The zero-order valence-corrected chi connectivity index (χ0v) is 14.3. The van der Waals surface area contributed by atoms with Crippen LogP contribution in [0, 0.1) is 6.92 Å². The van der Waals surface area contributed by atoms with E-state index < -0.39 is 0 Å². The Morgan fingerprint density at radius 2 is 1.75 bits per heavy atom. The summed E-state index contributed by atoms with van der Waals surface area (Å²) in [5.74, 6) is 0.923. The number of amides is 1. The summed E-state index contributed by atoms with van der Waals surface area (Å²) < 4.78 is 5.41. The van der Waals surface area contributed by atoms with Gasteiger partial charge in [0.2, 0.25) is 0 Å². The Labute approximate surface area is 146 Å². The van der Waals surface area contributed by atoms with E-state index in [-0.39, 0.29) is 5.91 Å². The molecule has 3 rings (SSSR count). The molecule has 2 aromatic carbocycles. The van der Waals surface area contributed by atoms with Crippen molar-refractivity contribution in [2.24, 2.45) is 0 Å².